The Labute approximate surface area is 89.6 Å². The van der Waals surface area contributed by atoms with E-state index >= 15 is 0 Å². The summed E-state index contributed by atoms with van der Waals surface area (Å²) in [6.07, 6.45) is 1.15. The number of rotatable bonds is 5. The summed E-state index contributed by atoms with van der Waals surface area (Å²) in [6, 6.07) is 0. The quantitative estimate of drug-likeness (QED) is 0.310. The maximum absolute atomic E-state index is 11.2. The van der Waals surface area contributed by atoms with E-state index < -0.39 is 5.97 Å². The number of amides is 1. The Hall–Kier alpha value is -1.62. The lowest BCUT2D eigenvalue weighted by Crippen LogP contribution is -2.49. The maximum Gasteiger partial charge on any atom is 0.392 e. The molecule has 0 radical (unpaired) electrons. The molecule has 0 fully saturated rings. The van der Waals surface area contributed by atoms with Crippen molar-refractivity contribution < 1.29 is 19.1 Å². The molecule has 1 N–H and O–H groups in total. The number of nitrogens with zero attached hydrogens (tertiary/aromatic N) is 1. The highest BCUT2D eigenvalue weighted by Gasteiger charge is 2.22. The first-order valence-corrected chi connectivity index (χ1v) is 4.41. The lowest BCUT2D eigenvalue weighted by atomic mass is 10.4. The largest absolute Gasteiger partial charge is 0.392 e. The maximum atomic E-state index is 11.2. The van der Waals surface area contributed by atoms with Gasteiger partial charge in [-0.1, -0.05) is 13.2 Å². The second-order valence-corrected chi connectivity index (χ2v) is 3.64. The van der Waals surface area contributed by atoms with E-state index in [0.29, 0.717) is 5.57 Å². The number of nitrogens with one attached hydrogen (secondary N) is 1. The predicted octanol–water partition coefficient (Wildman–Crippen LogP) is 0.357. The molecule has 0 saturated carbocycles. The Morgan fingerprint density at radius 2 is 2.00 bits per heavy atom. The van der Waals surface area contributed by atoms with Crippen LogP contribution >= 0.6 is 0 Å². The number of carbonyl (C=O) groups excluding carboxylic acids is 2. The van der Waals surface area contributed by atoms with Gasteiger partial charge in [-0.15, -0.1) is 4.65 Å². The molecule has 0 unspecified atom stereocenters. The molecule has 84 valence electrons. The van der Waals surface area contributed by atoms with Crippen LogP contribution in [0, 0.1) is 0 Å². The first-order chi connectivity index (χ1) is 6.78. The summed E-state index contributed by atoms with van der Waals surface area (Å²) in [4.78, 5) is 27.1. The zero-order chi connectivity index (χ0) is 12.1. The van der Waals surface area contributed by atoms with Crippen LogP contribution in [0.3, 0.4) is 0 Å². The molecule has 0 aliphatic rings. The molecule has 0 aliphatic heterocycles. The molecular formula is C10H17N2O3+. The van der Waals surface area contributed by atoms with Crippen LogP contribution in [0.4, 0.5) is 0 Å². The van der Waals surface area contributed by atoms with E-state index in [0.717, 1.165) is 6.08 Å². The highest BCUT2D eigenvalue weighted by molar-refractivity contribution is 5.87. The third kappa shape index (κ3) is 5.64. The van der Waals surface area contributed by atoms with Crippen molar-refractivity contribution in [3.05, 3.63) is 24.8 Å². The van der Waals surface area contributed by atoms with Gasteiger partial charge in [0, 0.05) is 5.57 Å². The second-order valence-electron chi connectivity index (χ2n) is 3.64. The Bertz CT molecular complexity index is 295. The van der Waals surface area contributed by atoms with Gasteiger partial charge in [-0.25, -0.2) is 4.79 Å². The van der Waals surface area contributed by atoms with Gasteiger partial charge in [-0.3, -0.25) is 9.63 Å². The molecule has 15 heavy (non-hydrogen) atoms. The number of hydroxylamine groups is 3. The number of carbonyl (C=O) groups is 2. The molecule has 0 aromatic carbocycles. The van der Waals surface area contributed by atoms with Crippen LogP contribution in [0.2, 0.25) is 0 Å². The van der Waals surface area contributed by atoms with E-state index in [1.807, 2.05) is 0 Å². The SMILES string of the molecule is C=CC(=O)NC[N+](C)(C)OC(=O)C(=C)C. The molecule has 0 heterocycles. The smallest absolute Gasteiger partial charge is 0.303 e. The first-order valence-electron chi connectivity index (χ1n) is 4.41. The van der Waals surface area contributed by atoms with E-state index in [-0.39, 0.29) is 17.2 Å². The second kappa shape index (κ2) is 5.31. The minimum Gasteiger partial charge on any atom is -0.303 e. The Morgan fingerprint density at radius 3 is 2.40 bits per heavy atom. The third-order valence-electron chi connectivity index (χ3n) is 1.50. The zero-order valence-electron chi connectivity index (χ0n) is 9.37. The molecule has 0 saturated heterocycles. The number of hydrogen-bond acceptors (Lipinski definition) is 3. The van der Waals surface area contributed by atoms with Crippen molar-refractivity contribution in [1.82, 2.24) is 5.32 Å². The number of hydrogen-bond donors (Lipinski definition) is 1. The summed E-state index contributed by atoms with van der Waals surface area (Å²) in [5.74, 6) is -0.805. The fraction of sp³-hybridized carbons (Fsp3) is 0.400. The van der Waals surface area contributed by atoms with Crippen molar-refractivity contribution in [1.29, 1.82) is 0 Å². The Balaban J connectivity index is 4.18. The van der Waals surface area contributed by atoms with Crippen LogP contribution in [-0.2, 0) is 14.4 Å². The van der Waals surface area contributed by atoms with E-state index in [1.165, 1.54) is 0 Å². The fourth-order valence-corrected chi connectivity index (χ4v) is 0.675. The molecule has 0 aromatic rings. The van der Waals surface area contributed by atoms with E-state index in [2.05, 4.69) is 18.5 Å². The zero-order valence-corrected chi connectivity index (χ0v) is 9.37. The van der Waals surface area contributed by atoms with Crippen LogP contribution in [0.15, 0.2) is 24.8 Å². The minimum absolute atomic E-state index is 0.106. The lowest BCUT2D eigenvalue weighted by molar-refractivity contribution is -1.06. The standard InChI is InChI=1S/C10H16N2O3/c1-6-9(13)11-7-12(4,5)15-10(14)8(2)3/h6H,1-2,7H2,3-5H3/p+1. The predicted molar refractivity (Wildman–Crippen MR) is 56.2 cm³/mol. The summed E-state index contributed by atoms with van der Waals surface area (Å²) in [7, 11) is 3.29. The van der Waals surface area contributed by atoms with Gasteiger partial charge in [0.25, 0.3) is 0 Å². The van der Waals surface area contributed by atoms with Crippen LogP contribution < -0.4 is 5.32 Å². The highest BCUT2D eigenvalue weighted by atomic mass is 16.7. The average molecular weight is 213 g/mol. The van der Waals surface area contributed by atoms with Gasteiger partial charge in [-0.05, 0) is 13.0 Å². The van der Waals surface area contributed by atoms with Crippen molar-refractivity contribution in [3.63, 3.8) is 0 Å². The van der Waals surface area contributed by atoms with E-state index in [4.69, 9.17) is 4.84 Å². The van der Waals surface area contributed by atoms with Gasteiger partial charge >= 0.3 is 5.97 Å². The number of quaternary nitrogens is 1. The van der Waals surface area contributed by atoms with Crippen LogP contribution in [-0.4, -0.2) is 37.3 Å². The normalized spacial score (nSPS) is 10.3. The highest BCUT2D eigenvalue weighted by Crippen LogP contribution is 2.01. The topological polar surface area (TPSA) is 55.4 Å². The molecular weight excluding hydrogens is 196 g/mol. The summed E-state index contributed by atoms with van der Waals surface area (Å²) >= 11 is 0. The molecule has 0 spiro atoms. The van der Waals surface area contributed by atoms with Crippen LogP contribution in [0.1, 0.15) is 6.92 Å². The van der Waals surface area contributed by atoms with Crippen molar-refractivity contribution >= 4 is 11.9 Å². The van der Waals surface area contributed by atoms with Gasteiger partial charge in [0.05, 0.1) is 0 Å². The molecule has 0 aromatic heterocycles. The van der Waals surface area contributed by atoms with Gasteiger partial charge in [0.15, 0.2) is 6.67 Å². The van der Waals surface area contributed by atoms with Gasteiger partial charge in [0.1, 0.15) is 14.1 Å². The first kappa shape index (κ1) is 13.4. The van der Waals surface area contributed by atoms with Crippen LogP contribution in [0.5, 0.6) is 0 Å². The van der Waals surface area contributed by atoms with Crippen molar-refractivity contribution in [2.24, 2.45) is 0 Å². The molecule has 0 aliphatic carbocycles. The summed E-state index contributed by atoms with van der Waals surface area (Å²) in [5, 5.41) is 2.53. The summed E-state index contributed by atoms with van der Waals surface area (Å²) in [5.41, 5.74) is 0.316. The molecule has 0 atom stereocenters. The van der Waals surface area contributed by atoms with Crippen molar-refractivity contribution in [2.75, 3.05) is 20.8 Å². The molecule has 5 heteroatoms. The minimum atomic E-state index is -0.493. The molecule has 1 amide bonds. The third-order valence-corrected chi connectivity index (χ3v) is 1.50. The summed E-state index contributed by atoms with van der Waals surface area (Å²) < 4.78 is -0.106. The summed E-state index contributed by atoms with van der Waals surface area (Å²) in [6.45, 7) is 8.50. The molecule has 0 rings (SSSR count). The van der Waals surface area contributed by atoms with E-state index in [9.17, 15) is 9.59 Å². The monoisotopic (exact) mass is 213 g/mol. The van der Waals surface area contributed by atoms with Gasteiger partial charge in [-0.2, -0.15) is 0 Å². The molecule has 5 nitrogen and oxygen atoms in total. The molecule has 0 bridgehead atoms. The average Bonchev–Trinajstić information content (AvgIpc) is 2.13. The van der Waals surface area contributed by atoms with Crippen molar-refractivity contribution in [3.8, 4) is 0 Å². The fourth-order valence-electron chi connectivity index (χ4n) is 0.675. The lowest BCUT2D eigenvalue weighted by Gasteiger charge is -2.25. The van der Waals surface area contributed by atoms with Gasteiger partial charge < -0.3 is 5.32 Å². The Morgan fingerprint density at radius 1 is 1.47 bits per heavy atom. The Kier molecular flexibility index (Phi) is 4.73. The van der Waals surface area contributed by atoms with Gasteiger partial charge in [0.2, 0.25) is 5.91 Å². The van der Waals surface area contributed by atoms with Crippen LogP contribution in [0.25, 0.3) is 0 Å². The van der Waals surface area contributed by atoms with E-state index in [1.54, 1.807) is 21.0 Å². The van der Waals surface area contributed by atoms with Crippen molar-refractivity contribution in [2.45, 2.75) is 6.92 Å².